The van der Waals surface area contributed by atoms with Crippen molar-refractivity contribution in [1.29, 1.82) is 0 Å². The monoisotopic (exact) mass is 304 g/mol. The second kappa shape index (κ2) is 8.03. The Morgan fingerprint density at radius 3 is 2.43 bits per heavy atom. The summed E-state index contributed by atoms with van der Waals surface area (Å²) in [6.45, 7) is 2.75. The van der Waals surface area contributed by atoms with Gasteiger partial charge in [0.15, 0.2) is 0 Å². The highest BCUT2D eigenvalue weighted by atomic mass is 35.5. The van der Waals surface area contributed by atoms with E-state index in [9.17, 15) is 0 Å². The number of nitrogens with zero attached hydrogens (tertiary/aromatic N) is 1. The van der Waals surface area contributed by atoms with Crippen LogP contribution in [0.1, 0.15) is 11.1 Å². The zero-order valence-corrected chi connectivity index (χ0v) is 13.0. The van der Waals surface area contributed by atoms with Gasteiger partial charge in [0.25, 0.3) is 0 Å². The zero-order chi connectivity index (χ0) is 15.1. The van der Waals surface area contributed by atoms with Gasteiger partial charge in [-0.3, -0.25) is 4.90 Å². The Hall–Kier alpha value is -1.55. The first-order valence-electron chi connectivity index (χ1n) is 7.03. The van der Waals surface area contributed by atoms with Gasteiger partial charge in [-0.25, -0.2) is 0 Å². The quantitative estimate of drug-likeness (QED) is 0.853. The maximum absolute atomic E-state index is 6.17. The molecular weight excluding hydrogens is 284 g/mol. The molecule has 0 aromatic heterocycles. The highest BCUT2D eigenvalue weighted by Gasteiger charge is 2.05. The maximum Gasteiger partial charge on any atom is 0.123 e. The minimum Gasteiger partial charge on any atom is -0.492 e. The van der Waals surface area contributed by atoms with E-state index in [1.165, 1.54) is 0 Å². The molecule has 2 rings (SSSR count). The van der Waals surface area contributed by atoms with Gasteiger partial charge in [-0.1, -0.05) is 48.0 Å². The van der Waals surface area contributed by atoms with Crippen LogP contribution in [-0.4, -0.2) is 25.1 Å². The van der Waals surface area contributed by atoms with Crippen LogP contribution < -0.4 is 10.5 Å². The number of ether oxygens (including phenoxy) is 1. The maximum atomic E-state index is 6.17. The van der Waals surface area contributed by atoms with Crippen LogP contribution in [0.3, 0.4) is 0 Å². The Morgan fingerprint density at radius 1 is 1.05 bits per heavy atom. The van der Waals surface area contributed by atoms with Crippen LogP contribution in [-0.2, 0) is 13.1 Å². The van der Waals surface area contributed by atoms with Gasteiger partial charge >= 0.3 is 0 Å². The fraction of sp³-hybridized carbons (Fsp3) is 0.294. The number of benzene rings is 2. The van der Waals surface area contributed by atoms with Gasteiger partial charge < -0.3 is 10.5 Å². The van der Waals surface area contributed by atoms with E-state index in [0.29, 0.717) is 13.2 Å². The first kappa shape index (κ1) is 15.8. The first-order valence-corrected chi connectivity index (χ1v) is 7.41. The molecule has 0 saturated carbocycles. The Balaban J connectivity index is 1.82. The first-order chi connectivity index (χ1) is 10.2. The van der Waals surface area contributed by atoms with Crippen molar-refractivity contribution in [3.63, 3.8) is 0 Å². The Bertz CT molecular complexity index is 574. The SMILES string of the molecule is CN(CCOc1ccccc1CN)Cc1ccccc1Cl. The molecule has 0 radical (unpaired) electrons. The number of rotatable bonds is 7. The van der Waals surface area contributed by atoms with Crippen LogP contribution in [0.4, 0.5) is 0 Å². The average molecular weight is 305 g/mol. The van der Waals surface area contributed by atoms with Gasteiger partial charge in [-0.05, 0) is 24.7 Å². The van der Waals surface area contributed by atoms with E-state index in [0.717, 1.165) is 35.0 Å². The molecule has 0 aliphatic heterocycles. The summed E-state index contributed by atoms with van der Waals surface area (Å²) < 4.78 is 5.81. The molecule has 4 heteroatoms. The van der Waals surface area contributed by atoms with Gasteiger partial charge in [-0.15, -0.1) is 0 Å². The van der Waals surface area contributed by atoms with Crippen molar-refractivity contribution in [2.75, 3.05) is 20.2 Å². The van der Waals surface area contributed by atoms with Crippen molar-refractivity contribution in [2.45, 2.75) is 13.1 Å². The third-order valence-electron chi connectivity index (χ3n) is 3.32. The van der Waals surface area contributed by atoms with Gasteiger partial charge in [0.1, 0.15) is 12.4 Å². The summed E-state index contributed by atoms with van der Waals surface area (Å²) >= 11 is 6.17. The molecule has 112 valence electrons. The van der Waals surface area contributed by atoms with E-state index in [1.54, 1.807) is 0 Å². The zero-order valence-electron chi connectivity index (χ0n) is 12.3. The molecule has 0 spiro atoms. The van der Waals surface area contributed by atoms with E-state index in [2.05, 4.69) is 11.9 Å². The van der Waals surface area contributed by atoms with Crippen LogP contribution in [0.15, 0.2) is 48.5 Å². The molecule has 2 aromatic carbocycles. The molecule has 0 unspecified atom stereocenters. The van der Waals surface area contributed by atoms with E-state index in [1.807, 2.05) is 48.5 Å². The topological polar surface area (TPSA) is 38.5 Å². The minimum atomic E-state index is 0.492. The fourth-order valence-corrected chi connectivity index (χ4v) is 2.32. The number of nitrogens with two attached hydrogens (primary N) is 1. The second-order valence-electron chi connectivity index (χ2n) is 4.99. The number of likely N-dealkylation sites (N-methyl/N-ethyl adjacent to an activating group) is 1. The summed E-state index contributed by atoms with van der Waals surface area (Å²) in [5, 5.41) is 0.804. The molecule has 0 saturated heterocycles. The van der Waals surface area contributed by atoms with Gasteiger partial charge in [0.2, 0.25) is 0 Å². The van der Waals surface area contributed by atoms with Crippen molar-refractivity contribution in [2.24, 2.45) is 5.73 Å². The lowest BCUT2D eigenvalue weighted by atomic mass is 10.2. The normalized spacial score (nSPS) is 10.9. The predicted molar refractivity (Wildman–Crippen MR) is 87.6 cm³/mol. The highest BCUT2D eigenvalue weighted by Crippen LogP contribution is 2.18. The van der Waals surface area contributed by atoms with E-state index in [4.69, 9.17) is 22.1 Å². The smallest absolute Gasteiger partial charge is 0.123 e. The van der Waals surface area contributed by atoms with E-state index in [-0.39, 0.29) is 0 Å². The van der Waals surface area contributed by atoms with Crippen molar-refractivity contribution in [3.8, 4) is 5.75 Å². The van der Waals surface area contributed by atoms with Gasteiger partial charge in [0.05, 0.1) is 0 Å². The summed E-state index contributed by atoms with van der Waals surface area (Å²) in [6, 6.07) is 15.8. The highest BCUT2D eigenvalue weighted by molar-refractivity contribution is 6.31. The molecule has 0 aliphatic rings. The van der Waals surface area contributed by atoms with Crippen LogP contribution >= 0.6 is 11.6 Å². The molecule has 0 fully saturated rings. The van der Waals surface area contributed by atoms with Crippen LogP contribution in [0, 0.1) is 0 Å². The van der Waals surface area contributed by atoms with Crippen molar-refractivity contribution in [3.05, 3.63) is 64.7 Å². The van der Waals surface area contributed by atoms with Crippen LogP contribution in [0.5, 0.6) is 5.75 Å². The third kappa shape index (κ3) is 4.74. The number of hydrogen-bond donors (Lipinski definition) is 1. The molecular formula is C17H21ClN2O. The molecule has 0 aliphatic carbocycles. The molecule has 0 bridgehead atoms. The van der Waals surface area contributed by atoms with Crippen molar-refractivity contribution >= 4 is 11.6 Å². The number of halogens is 1. The van der Waals surface area contributed by atoms with Crippen LogP contribution in [0.25, 0.3) is 0 Å². The molecule has 0 heterocycles. The number of para-hydroxylation sites is 1. The molecule has 2 N–H and O–H groups in total. The Labute approximate surface area is 131 Å². The van der Waals surface area contributed by atoms with E-state index < -0.39 is 0 Å². The van der Waals surface area contributed by atoms with E-state index >= 15 is 0 Å². The fourth-order valence-electron chi connectivity index (χ4n) is 2.12. The third-order valence-corrected chi connectivity index (χ3v) is 3.69. The lowest BCUT2D eigenvalue weighted by Gasteiger charge is -2.18. The molecule has 2 aromatic rings. The summed E-state index contributed by atoms with van der Waals surface area (Å²) in [5.41, 5.74) is 7.86. The number of hydrogen-bond acceptors (Lipinski definition) is 3. The Morgan fingerprint density at radius 2 is 1.71 bits per heavy atom. The lowest BCUT2D eigenvalue weighted by molar-refractivity contribution is 0.231. The standard InChI is InChI=1S/C17H21ClN2O/c1-20(13-15-7-2-4-8-16(15)18)10-11-21-17-9-5-3-6-14(17)12-19/h2-9H,10-13,19H2,1H3. The van der Waals surface area contributed by atoms with Crippen LogP contribution in [0.2, 0.25) is 5.02 Å². The summed E-state index contributed by atoms with van der Waals surface area (Å²) in [6.07, 6.45) is 0. The van der Waals surface area contributed by atoms with Crippen molar-refractivity contribution in [1.82, 2.24) is 4.90 Å². The minimum absolute atomic E-state index is 0.492. The summed E-state index contributed by atoms with van der Waals surface area (Å²) in [5.74, 6) is 0.867. The second-order valence-corrected chi connectivity index (χ2v) is 5.40. The largest absolute Gasteiger partial charge is 0.492 e. The predicted octanol–water partition coefficient (Wildman–Crippen LogP) is 3.31. The summed E-state index contributed by atoms with van der Waals surface area (Å²) in [7, 11) is 2.06. The van der Waals surface area contributed by atoms with Gasteiger partial charge in [-0.2, -0.15) is 0 Å². The average Bonchev–Trinajstić information content (AvgIpc) is 2.50. The van der Waals surface area contributed by atoms with Gasteiger partial charge in [0, 0.05) is 30.2 Å². The van der Waals surface area contributed by atoms with Crippen molar-refractivity contribution < 1.29 is 4.74 Å². The molecule has 0 amide bonds. The molecule has 21 heavy (non-hydrogen) atoms. The lowest BCUT2D eigenvalue weighted by Crippen LogP contribution is -2.24. The summed E-state index contributed by atoms with van der Waals surface area (Å²) in [4.78, 5) is 2.19. The molecule has 3 nitrogen and oxygen atoms in total. The Kier molecular flexibility index (Phi) is 6.05. The molecule has 0 atom stereocenters.